The molecule has 12 heteroatoms. The summed E-state index contributed by atoms with van der Waals surface area (Å²) < 4.78 is 29.4. The van der Waals surface area contributed by atoms with Crippen LogP contribution in [0.3, 0.4) is 0 Å². The molecule has 5 rings (SSSR count). The fraction of sp³-hybridized carbons (Fsp3) is 0.276. The number of sulfone groups is 1. The summed E-state index contributed by atoms with van der Waals surface area (Å²) in [4.78, 5) is 40.2. The summed E-state index contributed by atoms with van der Waals surface area (Å²) in [6, 6.07) is 11.6. The molecular formula is C29H28ClN3O7S. The highest BCUT2D eigenvalue weighted by atomic mass is 35.5. The second kappa shape index (κ2) is 11.1. The molecule has 2 aliphatic heterocycles. The van der Waals surface area contributed by atoms with E-state index < -0.39 is 27.8 Å². The number of carboxylic acid groups (broad SMARTS) is 1. The van der Waals surface area contributed by atoms with E-state index in [9.17, 15) is 27.9 Å². The summed E-state index contributed by atoms with van der Waals surface area (Å²) in [6.45, 7) is 1.20. The lowest BCUT2D eigenvalue weighted by atomic mass is 9.94. The van der Waals surface area contributed by atoms with E-state index in [4.69, 9.17) is 22.1 Å². The van der Waals surface area contributed by atoms with Gasteiger partial charge in [-0.25, -0.2) is 13.2 Å². The van der Waals surface area contributed by atoms with Gasteiger partial charge in [-0.3, -0.25) is 9.59 Å². The van der Waals surface area contributed by atoms with Crippen molar-refractivity contribution in [3.8, 4) is 5.75 Å². The summed E-state index contributed by atoms with van der Waals surface area (Å²) in [7, 11) is -3.49. The number of anilines is 1. The van der Waals surface area contributed by atoms with Gasteiger partial charge < -0.3 is 25.8 Å². The Kier molecular flexibility index (Phi) is 7.67. The minimum absolute atomic E-state index is 0.0444. The van der Waals surface area contributed by atoms with Gasteiger partial charge in [0.1, 0.15) is 11.8 Å². The molecule has 0 saturated heterocycles. The van der Waals surface area contributed by atoms with Crippen LogP contribution in [-0.4, -0.2) is 61.7 Å². The number of halogens is 1. The number of carboxylic acids is 1. The largest absolute Gasteiger partial charge is 0.493 e. The van der Waals surface area contributed by atoms with E-state index in [0.717, 1.165) is 24.0 Å². The number of hydrogen-bond donors (Lipinski definition) is 3. The van der Waals surface area contributed by atoms with Crippen LogP contribution < -0.4 is 15.8 Å². The summed E-state index contributed by atoms with van der Waals surface area (Å²) >= 11 is 6.65. The second-order valence-corrected chi connectivity index (χ2v) is 12.6. The van der Waals surface area contributed by atoms with Crippen molar-refractivity contribution in [2.75, 3.05) is 25.1 Å². The zero-order valence-corrected chi connectivity index (χ0v) is 23.7. The van der Waals surface area contributed by atoms with Gasteiger partial charge in [0.15, 0.2) is 9.84 Å². The van der Waals surface area contributed by atoms with Crippen LogP contribution in [0.5, 0.6) is 5.75 Å². The van der Waals surface area contributed by atoms with E-state index in [0.29, 0.717) is 41.8 Å². The van der Waals surface area contributed by atoms with E-state index in [-0.39, 0.29) is 40.0 Å². The summed E-state index contributed by atoms with van der Waals surface area (Å²) in [5, 5.41) is 12.4. The SMILES string of the molecule is CS(=O)(=O)c1cccc(C[C@H](NC(=O)c2c(N)cc3c(c2Cl)CCN(C(=O)c2ccc4c(c2)OCC4)C3)C(=O)O)c1. The molecule has 0 bridgehead atoms. The first-order valence-corrected chi connectivity index (χ1v) is 15.2. The molecule has 1 atom stereocenters. The first kappa shape index (κ1) is 28.4. The molecule has 4 N–H and O–H groups in total. The monoisotopic (exact) mass is 597 g/mol. The van der Waals surface area contributed by atoms with Gasteiger partial charge in [0.2, 0.25) is 0 Å². The normalized spacial score (nSPS) is 14.9. The summed E-state index contributed by atoms with van der Waals surface area (Å²) in [5.41, 5.74) is 9.62. The molecular weight excluding hydrogens is 570 g/mol. The molecule has 0 fully saturated rings. The number of nitrogens with zero attached hydrogens (tertiary/aromatic N) is 1. The number of hydrogen-bond acceptors (Lipinski definition) is 7. The van der Waals surface area contributed by atoms with Gasteiger partial charge >= 0.3 is 5.97 Å². The van der Waals surface area contributed by atoms with Crippen molar-refractivity contribution < 1.29 is 32.6 Å². The number of benzene rings is 3. The molecule has 0 saturated carbocycles. The molecule has 0 spiro atoms. The van der Waals surface area contributed by atoms with Crippen LogP contribution in [0, 0.1) is 0 Å². The molecule has 2 amide bonds. The molecule has 214 valence electrons. The van der Waals surface area contributed by atoms with Gasteiger partial charge in [-0.05, 0) is 59.0 Å². The minimum atomic E-state index is -3.49. The Hall–Kier alpha value is -4.09. The van der Waals surface area contributed by atoms with Crippen molar-refractivity contribution in [3.05, 3.63) is 86.9 Å². The van der Waals surface area contributed by atoms with Crippen molar-refractivity contribution in [1.29, 1.82) is 0 Å². The quantitative estimate of drug-likeness (QED) is 0.351. The number of aliphatic carboxylic acids is 1. The molecule has 41 heavy (non-hydrogen) atoms. The molecule has 3 aromatic carbocycles. The van der Waals surface area contributed by atoms with Crippen LogP contribution in [0.15, 0.2) is 53.4 Å². The highest BCUT2D eigenvalue weighted by Gasteiger charge is 2.30. The average Bonchev–Trinajstić information content (AvgIpc) is 3.39. The Morgan fingerprint density at radius 3 is 2.63 bits per heavy atom. The van der Waals surface area contributed by atoms with Crippen molar-refractivity contribution >= 4 is 44.9 Å². The number of amides is 2. The van der Waals surface area contributed by atoms with Crippen molar-refractivity contribution in [1.82, 2.24) is 10.2 Å². The molecule has 0 aliphatic carbocycles. The third-order valence-electron chi connectivity index (χ3n) is 7.31. The van der Waals surface area contributed by atoms with Crippen LogP contribution >= 0.6 is 11.6 Å². The van der Waals surface area contributed by atoms with Crippen LogP contribution in [-0.2, 0) is 40.4 Å². The third kappa shape index (κ3) is 5.86. The van der Waals surface area contributed by atoms with Gasteiger partial charge in [0, 0.05) is 43.4 Å². The predicted octanol–water partition coefficient (Wildman–Crippen LogP) is 2.88. The fourth-order valence-corrected chi connectivity index (χ4v) is 6.27. The number of rotatable bonds is 7. The van der Waals surface area contributed by atoms with E-state index in [1.165, 1.54) is 18.2 Å². The van der Waals surface area contributed by atoms with Crippen LogP contribution in [0.1, 0.15) is 43.0 Å². The lowest BCUT2D eigenvalue weighted by Gasteiger charge is -2.30. The summed E-state index contributed by atoms with van der Waals surface area (Å²) in [5.74, 6) is -1.51. The fourth-order valence-electron chi connectivity index (χ4n) is 5.16. The smallest absolute Gasteiger partial charge is 0.326 e. The number of ether oxygens (including phenoxy) is 1. The maximum absolute atomic E-state index is 13.2. The third-order valence-corrected chi connectivity index (χ3v) is 8.84. The van der Waals surface area contributed by atoms with Crippen LogP contribution in [0.4, 0.5) is 5.69 Å². The standard InChI is InChI=1S/C29H28ClN3O7S/c1-41(38,39)20-4-2-3-16(11-20)12-23(29(36)37)32-27(34)25-22(31)13-19-15-33(9-7-21(19)26(25)30)28(35)18-6-5-17-8-10-40-24(17)14-18/h2-6,11,13-14,23H,7-10,12,15,31H2,1H3,(H,32,34)(H,36,37)/t23-/m0/s1. The van der Waals surface area contributed by atoms with Crippen LogP contribution in [0.2, 0.25) is 5.02 Å². The van der Waals surface area contributed by atoms with Gasteiger partial charge in [-0.2, -0.15) is 0 Å². The molecule has 10 nitrogen and oxygen atoms in total. The van der Waals surface area contributed by atoms with Crippen molar-refractivity contribution in [3.63, 3.8) is 0 Å². The number of carbonyl (C=O) groups is 3. The maximum Gasteiger partial charge on any atom is 0.326 e. The van der Waals surface area contributed by atoms with Gasteiger partial charge in [-0.1, -0.05) is 29.8 Å². The lowest BCUT2D eigenvalue weighted by molar-refractivity contribution is -0.139. The molecule has 2 heterocycles. The van der Waals surface area contributed by atoms with Gasteiger partial charge in [0.05, 0.1) is 22.1 Å². The van der Waals surface area contributed by atoms with E-state index in [1.807, 2.05) is 6.07 Å². The predicted molar refractivity (Wildman–Crippen MR) is 152 cm³/mol. The van der Waals surface area contributed by atoms with E-state index in [1.54, 1.807) is 29.2 Å². The zero-order valence-electron chi connectivity index (χ0n) is 22.1. The Morgan fingerprint density at radius 2 is 1.90 bits per heavy atom. The van der Waals surface area contributed by atoms with Crippen LogP contribution in [0.25, 0.3) is 0 Å². The topological polar surface area (TPSA) is 156 Å². The van der Waals surface area contributed by atoms with E-state index in [2.05, 4.69) is 5.32 Å². The number of nitrogens with one attached hydrogen (secondary N) is 1. The van der Waals surface area contributed by atoms with Gasteiger partial charge in [-0.15, -0.1) is 0 Å². The average molecular weight is 598 g/mol. The summed E-state index contributed by atoms with van der Waals surface area (Å²) in [6.07, 6.45) is 2.10. The molecule has 3 aromatic rings. The number of nitrogens with two attached hydrogens (primary N) is 1. The van der Waals surface area contributed by atoms with E-state index >= 15 is 0 Å². The number of fused-ring (bicyclic) bond motifs is 2. The molecule has 0 unspecified atom stereocenters. The second-order valence-electron chi connectivity index (χ2n) is 10.2. The number of nitrogen functional groups attached to an aromatic ring is 1. The van der Waals surface area contributed by atoms with Crippen molar-refractivity contribution in [2.24, 2.45) is 0 Å². The van der Waals surface area contributed by atoms with Gasteiger partial charge in [0.25, 0.3) is 11.8 Å². The molecule has 0 aromatic heterocycles. The molecule has 2 aliphatic rings. The Balaban J connectivity index is 1.34. The first-order chi connectivity index (χ1) is 19.4. The highest BCUT2D eigenvalue weighted by molar-refractivity contribution is 7.90. The first-order valence-electron chi connectivity index (χ1n) is 12.9. The Labute approximate surface area is 242 Å². The molecule has 0 radical (unpaired) electrons. The number of carbonyl (C=O) groups excluding carboxylic acids is 2. The highest BCUT2D eigenvalue weighted by Crippen LogP contribution is 2.34. The zero-order chi connectivity index (χ0) is 29.5. The minimum Gasteiger partial charge on any atom is -0.493 e. The Bertz CT molecular complexity index is 1690. The lowest BCUT2D eigenvalue weighted by Crippen LogP contribution is -2.43. The maximum atomic E-state index is 13.2. The Morgan fingerprint density at radius 1 is 1.12 bits per heavy atom. The van der Waals surface area contributed by atoms with Crippen molar-refractivity contribution in [2.45, 2.75) is 36.7 Å².